The molecule has 2 nitrogen and oxygen atoms in total. The zero-order chi connectivity index (χ0) is 9.97. The van der Waals surface area contributed by atoms with Gasteiger partial charge in [-0.15, -0.1) is 0 Å². The van der Waals surface area contributed by atoms with E-state index in [1.807, 2.05) is 36.4 Å². The van der Waals surface area contributed by atoms with Crippen molar-refractivity contribution in [1.29, 1.82) is 5.26 Å². The van der Waals surface area contributed by atoms with Crippen molar-refractivity contribution in [2.75, 3.05) is 0 Å². The molecule has 0 spiro atoms. The molecule has 1 aromatic carbocycles. The van der Waals surface area contributed by atoms with Crippen molar-refractivity contribution in [2.45, 2.75) is 6.42 Å². The fourth-order valence-corrected chi connectivity index (χ4v) is 1.37. The predicted molar refractivity (Wildman–Crippen MR) is 54.7 cm³/mol. The van der Waals surface area contributed by atoms with E-state index in [9.17, 15) is 0 Å². The minimum atomic E-state index is 0.491. The van der Waals surface area contributed by atoms with E-state index in [4.69, 9.17) is 9.68 Å². The van der Waals surface area contributed by atoms with Gasteiger partial charge in [0, 0.05) is 17.4 Å². The van der Waals surface area contributed by atoms with E-state index in [0.717, 1.165) is 16.7 Å². The van der Waals surface area contributed by atoms with E-state index < -0.39 is 0 Å². The minimum Gasteiger partial charge on any atom is -0.461 e. The highest BCUT2D eigenvalue weighted by atomic mass is 16.3. The van der Waals surface area contributed by atoms with Crippen molar-refractivity contribution < 1.29 is 4.42 Å². The number of hydrogen-bond donors (Lipinski definition) is 0. The highest BCUT2D eigenvalue weighted by molar-refractivity contribution is 5.77. The third kappa shape index (κ3) is 1.53. The van der Waals surface area contributed by atoms with Gasteiger partial charge in [-0.2, -0.15) is 5.26 Å². The maximum Gasteiger partial charge on any atom is 0.134 e. The van der Waals surface area contributed by atoms with E-state index >= 15 is 0 Å². The predicted octanol–water partition coefficient (Wildman–Crippen LogP) is 3.06. The van der Waals surface area contributed by atoms with E-state index in [1.165, 1.54) is 0 Å². The highest BCUT2D eigenvalue weighted by Crippen LogP contribution is 2.20. The van der Waals surface area contributed by atoms with E-state index in [2.05, 4.69) is 6.58 Å². The molecule has 0 fully saturated rings. The Morgan fingerprint density at radius 1 is 1.43 bits per heavy atom. The number of hydrogen-bond acceptors (Lipinski definition) is 2. The summed E-state index contributed by atoms with van der Waals surface area (Å²) >= 11 is 0. The normalized spacial score (nSPS) is 9.93. The van der Waals surface area contributed by atoms with Crippen LogP contribution < -0.4 is 0 Å². The second-order valence-corrected chi connectivity index (χ2v) is 3.14. The molecule has 0 amide bonds. The molecule has 0 aliphatic rings. The molecule has 2 aromatic rings. The first kappa shape index (κ1) is 8.58. The van der Waals surface area contributed by atoms with Crippen LogP contribution in [0.15, 0.2) is 46.9 Å². The van der Waals surface area contributed by atoms with Gasteiger partial charge in [-0.25, -0.2) is 0 Å². The summed E-state index contributed by atoms with van der Waals surface area (Å²) in [6, 6.07) is 11.7. The molecule has 0 saturated carbocycles. The molecule has 0 radical (unpaired) electrons. The van der Waals surface area contributed by atoms with E-state index in [-0.39, 0.29) is 0 Å². The summed E-state index contributed by atoms with van der Waals surface area (Å²) in [5, 5.41) is 9.64. The maximum atomic E-state index is 8.58. The van der Waals surface area contributed by atoms with E-state index in [0.29, 0.717) is 12.0 Å². The molecule has 1 aromatic heterocycles. The first-order valence-electron chi connectivity index (χ1n) is 4.35. The molecule has 0 atom stereocenters. The molecule has 1 heterocycles. The van der Waals surface area contributed by atoms with Gasteiger partial charge < -0.3 is 4.42 Å². The van der Waals surface area contributed by atoms with Crippen molar-refractivity contribution in [3.8, 4) is 6.07 Å². The molecule has 0 unspecified atom stereocenters. The van der Waals surface area contributed by atoms with Crippen LogP contribution in [-0.4, -0.2) is 0 Å². The molecule has 0 N–H and O–H groups in total. The Labute approximate surface area is 82.1 Å². The molecule has 0 saturated heterocycles. The number of nitriles is 1. The minimum absolute atomic E-state index is 0.491. The van der Waals surface area contributed by atoms with Crippen LogP contribution in [0.3, 0.4) is 0 Å². The Morgan fingerprint density at radius 2 is 2.21 bits per heavy atom. The van der Waals surface area contributed by atoms with Crippen molar-refractivity contribution in [3.63, 3.8) is 0 Å². The third-order valence-electron chi connectivity index (χ3n) is 2.02. The number of fused-ring (bicyclic) bond motifs is 1. The lowest BCUT2D eigenvalue weighted by molar-refractivity contribution is 0.563. The number of furan rings is 1. The number of nitrogens with zero attached hydrogens (tertiary/aromatic N) is 1. The fourth-order valence-electron chi connectivity index (χ4n) is 1.37. The Morgan fingerprint density at radius 3 is 2.93 bits per heavy atom. The Kier molecular flexibility index (Phi) is 2.08. The van der Waals surface area contributed by atoms with Gasteiger partial charge in [0.25, 0.3) is 0 Å². The largest absolute Gasteiger partial charge is 0.461 e. The van der Waals surface area contributed by atoms with Gasteiger partial charge in [0.05, 0.1) is 6.07 Å². The van der Waals surface area contributed by atoms with Crippen LogP contribution in [0.5, 0.6) is 0 Å². The van der Waals surface area contributed by atoms with Gasteiger partial charge in [0.15, 0.2) is 0 Å². The number of benzene rings is 1. The van der Waals surface area contributed by atoms with E-state index in [1.54, 1.807) is 0 Å². The first-order valence-corrected chi connectivity index (χ1v) is 4.35. The van der Waals surface area contributed by atoms with Crippen molar-refractivity contribution in [3.05, 3.63) is 48.2 Å². The molecule has 0 aliphatic heterocycles. The van der Waals surface area contributed by atoms with Crippen molar-refractivity contribution in [1.82, 2.24) is 0 Å². The van der Waals surface area contributed by atoms with Crippen LogP contribution in [-0.2, 0) is 6.42 Å². The smallest absolute Gasteiger partial charge is 0.134 e. The zero-order valence-electron chi connectivity index (χ0n) is 7.66. The SMILES string of the molecule is C=C(C#N)Cc1cc2ccccc2o1. The summed E-state index contributed by atoms with van der Waals surface area (Å²) in [5.41, 5.74) is 1.37. The average molecular weight is 183 g/mol. The van der Waals surface area contributed by atoms with Gasteiger partial charge in [0.2, 0.25) is 0 Å². The van der Waals surface area contributed by atoms with Crippen LogP contribution in [0.1, 0.15) is 5.76 Å². The van der Waals surface area contributed by atoms with Gasteiger partial charge >= 0.3 is 0 Å². The zero-order valence-corrected chi connectivity index (χ0v) is 7.66. The van der Waals surface area contributed by atoms with Crippen LogP contribution in [0, 0.1) is 11.3 Å². The molecule has 0 aliphatic carbocycles. The quantitative estimate of drug-likeness (QED) is 0.671. The summed E-state index contributed by atoms with van der Waals surface area (Å²) in [5.74, 6) is 0.790. The van der Waals surface area contributed by atoms with Crippen molar-refractivity contribution in [2.24, 2.45) is 0 Å². The molecular formula is C12H9NO. The topological polar surface area (TPSA) is 36.9 Å². The molecular weight excluding hydrogens is 174 g/mol. The lowest BCUT2D eigenvalue weighted by Crippen LogP contribution is -1.81. The summed E-state index contributed by atoms with van der Waals surface area (Å²) in [7, 11) is 0. The van der Waals surface area contributed by atoms with Crippen molar-refractivity contribution >= 4 is 11.0 Å². The van der Waals surface area contributed by atoms with Crippen LogP contribution in [0.25, 0.3) is 11.0 Å². The molecule has 2 rings (SSSR count). The Balaban J connectivity index is 2.37. The summed E-state index contributed by atoms with van der Waals surface area (Å²) < 4.78 is 5.53. The monoisotopic (exact) mass is 183 g/mol. The molecule has 2 heteroatoms. The van der Waals surface area contributed by atoms with Crippen LogP contribution in [0.4, 0.5) is 0 Å². The molecule has 14 heavy (non-hydrogen) atoms. The second-order valence-electron chi connectivity index (χ2n) is 3.14. The van der Waals surface area contributed by atoms with Crippen LogP contribution in [0.2, 0.25) is 0 Å². The summed E-state index contributed by atoms with van der Waals surface area (Å²) in [6.07, 6.45) is 0.491. The summed E-state index contributed by atoms with van der Waals surface area (Å²) in [4.78, 5) is 0. The van der Waals surface area contributed by atoms with Gasteiger partial charge in [-0.3, -0.25) is 0 Å². The third-order valence-corrected chi connectivity index (χ3v) is 2.02. The fraction of sp³-hybridized carbons (Fsp3) is 0.0833. The number of allylic oxidation sites excluding steroid dienone is 1. The van der Waals surface area contributed by atoms with Gasteiger partial charge in [-0.1, -0.05) is 24.8 Å². The summed E-state index contributed by atoms with van der Waals surface area (Å²) in [6.45, 7) is 3.62. The maximum absolute atomic E-state index is 8.58. The Bertz CT molecular complexity index is 483. The lowest BCUT2D eigenvalue weighted by atomic mass is 10.2. The van der Waals surface area contributed by atoms with Gasteiger partial charge in [0.1, 0.15) is 11.3 Å². The van der Waals surface area contributed by atoms with Crippen LogP contribution >= 0.6 is 0 Å². The first-order chi connectivity index (χ1) is 6.79. The lowest BCUT2D eigenvalue weighted by Gasteiger charge is -1.89. The number of para-hydroxylation sites is 1. The molecule has 0 bridgehead atoms. The average Bonchev–Trinajstić information content (AvgIpc) is 2.59. The standard InChI is InChI=1S/C12H9NO/c1-9(8-13)6-11-7-10-4-2-3-5-12(10)14-11/h2-5,7H,1,6H2. The molecule has 68 valence electrons. The van der Waals surface area contributed by atoms with Gasteiger partial charge in [-0.05, 0) is 12.1 Å². The second kappa shape index (κ2) is 3.39. The Hall–Kier alpha value is -2.01. The highest BCUT2D eigenvalue weighted by Gasteiger charge is 2.03. The number of rotatable bonds is 2.